The first-order chi connectivity index (χ1) is 9.78. The Morgan fingerprint density at radius 3 is 2.95 bits per heavy atom. The van der Waals surface area contributed by atoms with E-state index in [0.29, 0.717) is 5.82 Å². The molecule has 2 aromatic rings. The lowest BCUT2D eigenvalue weighted by atomic mass is 10.1. The van der Waals surface area contributed by atoms with Gasteiger partial charge in [0.25, 0.3) is 0 Å². The second-order valence-electron chi connectivity index (χ2n) is 4.53. The van der Waals surface area contributed by atoms with Crippen LogP contribution in [0.2, 0.25) is 0 Å². The molecule has 0 bridgehead atoms. The standard InChI is InChI=1S/C14H16N4O2/c1-2-3-10-13(15)16-7-17-14(10)18-9-4-5-11-12(6-9)20-8-19-11/h4-7H,2-3,8H2,1H3,(H3,15,16,17,18). The maximum absolute atomic E-state index is 5.92. The van der Waals surface area contributed by atoms with E-state index < -0.39 is 0 Å². The van der Waals surface area contributed by atoms with Crippen molar-refractivity contribution in [2.24, 2.45) is 0 Å². The molecule has 1 aliphatic heterocycles. The molecule has 0 radical (unpaired) electrons. The van der Waals surface area contributed by atoms with Crippen LogP contribution in [0.4, 0.5) is 17.3 Å². The molecule has 1 aliphatic rings. The van der Waals surface area contributed by atoms with Crippen molar-refractivity contribution in [3.05, 3.63) is 30.1 Å². The largest absolute Gasteiger partial charge is 0.454 e. The number of anilines is 3. The Bertz CT molecular complexity index is 631. The Hall–Kier alpha value is -2.50. The van der Waals surface area contributed by atoms with Crippen LogP contribution in [-0.4, -0.2) is 16.8 Å². The lowest BCUT2D eigenvalue weighted by Crippen LogP contribution is -2.05. The van der Waals surface area contributed by atoms with E-state index in [1.807, 2.05) is 18.2 Å². The number of nitrogen functional groups attached to an aromatic ring is 1. The maximum Gasteiger partial charge on any atom is 0.231 e. The summed E-state index contributed by atoms with van der Waals surface area (Å²) >= 11 is 0. The summed E-state index contributed by atoms with van der Waals surface area (Å²) in [7, 11) is 0. The van der Waals surface area contributed by atoms with Crippen molar-refractivity contribution >= 4 is 17.3 Å². The van der Waals surface area contributed by atoms with Crippen molar-refractivity contribution in [3.8, 4) is 11.5 Å². The van der Waals surface area contributed by atoms with Gasteiger partial charge in [0.1, 0.15) is 18.0 Å². The highest BCUT2D eigenvalue weighted by molar-refractivity contribution is 5.66. The van der Waals surface area contributed by atoms with Crippen molar-refractivity contribution in [2.75, 3.05) is 17.8 Å². The molecule has 0 saturated carbocycles. The third kappa shape index (κ3) is 2.32. The molecule has 6 nitrogen and oxygen atoms in total. The summed E-state index contributed by atoms with van der Waals surface area (Å²) < 4.78 is 10.6. The zero-order valence-corrected chi connectivity index (χ0v) is 11.2. The minimum atomic E-state index is 0.264. The minimum absolute atomic E-state index is 0.264. The van der Waals surface area contributed by atoms with Gasteiger partial charge in [-0.25, -0.2) is 9.97 Å². The van der Waals surface area contributed by atoms with Crippen molar-refractivity contribution in [3.63, 3.8) is 0 Å². The summed E-state index contributed by atoms with van der Waals surface area (Å²) in [5.41, 5.74) is 7.73. The fourth-order valence-corrected chi connectivity index (χ4v) is 2.14. The number of rotatable bonds is 4. The van der Waals surface area contributed by atoms with Gasteiger partial charge in [0, 0.05) is 17.3 Å². The summed E-state index contributed by atoms with van der Waals surface area (Å²) in [6.45, 7) is 2.36. The van der Waals surface area contributed by atoms with Gasteiger partial charge in [-0.15, -0.1) is 0 Å². The van der Waals surface area contributed by atoms with Crippen LogP contribution in [0.25, 0.3) is 0 Å². The Labute approximate surface area is 116 Å². The van der Waals surface area contributed by atoms with Crippen LogP contribution in [-0.2, 0) is 6.42 Å². The van der Waals surface area contributed by atoms with Gasteiger partial charge in [0.15, 0.2) is 11.5 Å². The predicted octanol–water partition coefficient (Wildman–Crippen LogP) is 2.48. The van der Waals surface area contributed by atoms with Crippen molar-refractivity contribution in [1.82, 2.24) is 9.97 Å². The minimum Gasteiger partial charge on any atom is -0.454 e. The number of hydrogen-bond donors (Lipinski definition) is 2. The van der Waals surface area contributed by atoms with Crippen LogP contribution < -0.4 is 20.5 Å². The number of ether oxygens (including phenoxy) is 2. The van der Waals surface area contributed by atoms with Gasteiger partial charge >= 0.3 is 0 Å². The average Bonchev–Trinajstić information content (AvgIpc) is 2.90. The van der Waals surface area contributed by atoms with Gasteiger partial charge in [-0.1, -0.05) is 13.3 Å². The second-order valence-corrected chi connectivity index (χ2v) is 4.53. The molecule has 0 aliphatic carbocycles. The Morgan fingerprint density at radius 2 is 2.10 bits per heavy atom. The Balaban J connectivity index is 1.89. The smallest absolute Gasteiger partial charge is 0.231 e. The molecular formula is C14H16N4O2. The van der Waals surface area contributed by atoms with E-state index in [0.717, 1.165) is 41.4 Å². The van der Waals surface area contributed by atoms with Gasteiger partial charge in [-0.05, 0) is 18.6 Å². The summed E-state index contributed by atoms with van der Waals surface area (Å²) in [5, 5.41) is 3.26. The zero-order chi connectivity index (χ0) is 13.9. The third-order valence-electron chi connectivity index (χ3n) is 3.11. The van der Waals surface area contributed by atoms with Gasteiger partial charge in [0.2, 0.25) is 6.79 Å². The lowest BCUT2D eigenvalue weighted by molar-refractivity contribution is 0.174. The van der Waals surface area contributed by atoms with Gasteiger partial charge in [-0.2, -0.15) is 0 Å². The van der Waals surface area contributed by atoms with Crippen LogP contribution in [0.1, 0.15) is 18.9 Å². The first-order valence-electron chi connectivity index (χ1n) is 6.54. The van der Waals surface area contributed by atoms with Gasteiger partial charge in [-0.3, -0.25) is 0 Å². The molecule has 104 valence electrons. The molecule has 1 aromatic heterocycles. The van der Waals surface area contributed by atoms with E-state index in [1.165, 1.54) is 6.33 Å². The van der Waals surface area contributed by atoms with Crippen LogP contribution in [0.5, 0.6) is 11.5 Å². The summed E-state index contributed by atoms with van der Waals surface area (Å²) in [5.74, 6) is 2.74. The highest BCUT2D eigenvalue weighted by atomic mass is 16.7. The molecule has 3 rings (SSSR count). The molecule has 0 atom stereocenters. The Kier molecular flexibility index (Phi) is 3.28. The first-order valence-corrected chi connectivity index (χ1v) is 6.54. The molecule has 3 N–H and O–H groups in total. The highest BCUT2D eigenvalue weighted by Gasteiger charge is 2.14. The number of nitrogens with zero attached hydrogens (tertiary/aromatic N) is 2. The van der Waals surface area contributed by atoms with Crippen LogP contribution in [0, 0.1) is 0 Å². The first kappa shape index (κ1) is 12.5. The van der Waals surface area contributed by atoms with E-state index in [9.17, 15) is 0 Å². The summed E-state index contributed by atoms with van der Waals surface area (Å²) in [6, 6.07) is 5.67. The molecule has 0 saturated heterocycles. The molecule has 0 spiro atoms. The quantitative estimate of drug-likeness (QED) is 0.889. The molecule has 0 fully saturated rings. The predicted molar refractivity (Wildman–Crippen MR) is 76.3 cm³/mol. The van der Waals surface area contributed by atoms with E-state index in [2.05, 4.69) is 22.2 Å². The van der Waals surface area contributed by atoms with E-state index in [-0.39, 0.29) is 6.79 Å². The van der Waals surface area contributed by atoms with Crippen molar-refractivity contribution in [1.29, 1.82) is 0 Å². The molecule has 20 heavy (non-hydrogen) atoms. The van der Waals surface area contributed by atoms with E-state index in [4.69, 9.17) is 15.2 Å². The third-order valence-corrected chi connectivity index (χ3v) is 3.11. The summed E-state index contributed by atoms with van der Waals surface area (Å²) in [6.07, 6.45) is 3.27. The molecular weight excluding hydrogens is 256 g/mol. The van der Waals surface area contributed by atoms with E-state index >= 15 is 0 Å². The van der Waals surface area contributed by atoms with E-state index in [1.54, 1.807) is 0 Å². The second kappa shape index (κ2) is 5.24. The molecule has 2 heterocycles. The fourth-order valence-electron chi connectivity index (χ4n) is 2.14. The molecule has 6 heteroatoms. The number of benzene rings is 1. The lowest BCUT2D eigenvalue weighted by Gasteiger charge is -2.12. The average molecular weight is 272 g/mol. The SMILES string of the molecule is CCCc1c(N)ncnc1Nc1ccc2c(c1)OCO2. The molecule has 0 amide bonds. The Morgan fingerprint density at radius 1 is 1.25 bits per heavy atom. The van der Waals surface area contributed by atoms with Gasteiger partial charge < -0.3 is 20.5 Å². The molecule has 0 unspecified atom stereocenters. The monoisotopic (exact) mass is 272 g/mol. The number of nitrogens with one attached hydrogen (secondary N) is 1. The van der Waals surface area contributed by atoms with Crippen LogP contribution in [0.15, 0.2) is 24.5 Å². The fraction of sp³-hybridized carbons (Fsp3) is 0.286. The number of hydrogen-bond acceptors (Lipinski definition) is 6. The molecule has 1 aromatic carbocycles. The summed E-state index contributed by atoms with van der Waals surface area (Å²) in [4.78, 5) is 8.31. The van der Waals surface area contributed by atoms with Crippen LogP contribution >= 0.6 is 0 Å². The van der Waals surface area contributed by atoms with Crippen LogP contribution in [0.3, 0.4) is 0 Å². The van der Waals surface area contributed by atoms with Crippen molar-refractivity contribution < 1.29 is 9.47 Å². The zero-order valence-electron chi connectivity index (χ0n) is 11.2. The normalized spacial score (nSPS) is 12.4. The topological polar surface area (TPSA) is 82.3 Å². The highest BCUT2D eigenvalue weighted by Crippen LogP contribution is 2.35. The van der Waals surface area contributed by atoms with Gasteiger partial charge in [0.05, 0.1) is 0 Å². The number of fused-ring (bicyclic) bond motifs is 1. The van der Waals surface area contributed by atoms with Crippen molar-refractivity contribution in [2.45, 2.75) is 19.8 Å². The number of aromatic nitrogens is 2. The number of nitrogens with two attached hydrogens (primary N) is 1. The maximum atomic E-state index is 5.92.